The van der Waals surface area contributed by atoms with Gasteiger partial charge in [-0.1, -0.05) is 44.9 Å². The van der Waals surface area contributed by atoms with Gasteiger partial charge in [-0.05, 0) is 47.4 Å². The molecule has 0 bridgehead atoms. The second-order valence-electron chi connectivity index (χ2n) is 12.6. The Hall–Kier alpha value is -5.51. The van der Waals surface area contributed by atoms with Crippen LogP contribution in [-0.2, 0) is 0 Å². The number of halogens is 3. The lowest BCUT2D eigenvalue weighted by Gasteiger charge is -2.28. The monoisotopic (exact) mass is 621 g/mol. The van der Waals surface area contributed by atoms with E-state index in [0.29, 0.717) is 56.4 Å². The molecule has 1 aliphatic carbocycles. The predicted octanol–water partition coefficient (Wildman–Crippen LogP) is 6.38. The summed E-state index contributed by atoms with van der Waals surface area (Å²) in [4.78, 5) is 8.67. The Morgan fingerprint density at radius 1 is 1.04 bits per heavy atom. The Balaban J connectivity index is 1.51. The van der Waals surface area contributed by atoms with Gasteiger partial charge in [-0.15, -0.1) is 12.0 Å². The number of nitriles is 2. The van der Waals surface area contributed by atoms with Crippen LogP contribution in [0.25, 0.3) is 21.7 Å². The first-order valence-corrected chi connectivity index (χ1v) is 14.6. The molecular formula is C34H30F3N9. The molecule has 0 spiro atoms. The summed E-state index contributed by atoms with van der Waals surface area (Å²) >= 11 is 0. The fraction of sp³-hybridized carbons (Fsp3) is 0.294. The summed E-state index contributed by atoms with van der Waals surface area (Å²) < 4.78 is 42.2. The fourth-order valence-electron chi connectivity index (χ4n) is 5.67. The van der Waals surface area contributed by atoms with E-state index >= 15 is 0 Å². The smallest absolute Gasteiger partial charge is 0.383 e. The van der Waals surface area contributed by atoms with Crippen molar-refractivity contribution >= 4 is 33.1 Å². The molecule has 4 aromatic rings. The van der Waals surface area contributed by atoms with Crippen molar-refractivity contribution in [3.63, 3.8) is 0 Å². The van der Waals surface area contributed by atoms with E-state index in [1.165, 1.54) is 12.4 Å². The van der Waals surface area contributed by atoms with E-state index < -0.39 is 17.8 Å². The average Bonchev–Trinajstić information content (AvgIpc) is 3.72. The van der Waals surface area contributed by atoms with Crippen molar-refractivity contribution in [2.45, 2.75) is 51.4 Å². The van der Waals surface area contributed by atoms with Crippen molar-refractivity contribution in [3.8, 4) is 24.5 Å². The van der Waals surface area contributed by atoms with Crippen LogP contribution in [0.5, 0.6) is 0 Å². The van der Waals surface area contributed by atoms with Gasteiger partial charge in [0.25, 0.3) is 0 Å². The first kappa shape index (κ1) is 30.5. The third-order valence-electron chi connectivity index (χ3n) is 8.22. The molecule has 2 aromatic heterocycles. The molecule has 0 unspecified atom stereocenters. The molecule has 46 heavy (non-hydrogen) atoms. The van der Waals surface area contributed by atoms with Gasteiger partial charge in [0.15, 0.2) is 5.54 Å². The van der Waals surface area contributed by atoms with Crippen molar-refractivity contribution < 1.29 is 13.2 Å². The standard InChI is InChI=1S/C34H30F3N9/c1-5-20-17-41-30-21(15-38)13-22(14-26(30)29(20)42-19-32(2,3)4)43-31(25-8-6-7-24-23(25)9-12-40-27(24)16-39)28-18-46(45-44-28)33(10-11-33)34(35,36)37/h1,6-9,12-14,17-18,31,43-45H,10-11,19H2,2-4H3,(H,41,42)/t31-/m0/s1. The van der Waals surface area contributed by atoms with Crippen LogP contribution < -0.4 is 21.6 Å². The molecule has 0 saturated heterocycles. The van der Waals surface area contributed by atoms with Crippen molar-refractivity contribution in [1.29, 1.82) is 10.5 Å². The number of aromatic nitrogens is 2. The number of nitrogens with zero attached hydrogens (tertiary/aromatic N) is 5. The summed E-state index contributed by atoms with van der Waals surface area (Å²) in [6.45, 7) is 6.84. The Morgan fingerprint density at radius 2 is 1.83 bits per heavy atom. The Labute approximate surface area is 264 Å². The third-order valence-corrected chi connectivity index (χ3v) is 8.22. The number of hydrogen-bond acceptors (Lipinski definition) is 9. The number of hydrazine groups is 2. The first-order chi connectivity index (χ1) is 21.9. The van der Waals surface area contributed by atoms with Crippen LogP contribution in [0.2, 0.25) is 0 Å². The van der Waals surface area contributed by atoms with Gasteiger partial charge in [-0.3, -0.25) is 9.99 Å². The number of benzene rings is 2. The summed E-state index contributed by atoms with van der Waals surface area (Å²) in [7, 11) is 0. The van der Waals surface area contributed by atoms with Gasteiger partial charge < -0.3 is 16.1 Å². The third kappa shape index (κ3) is 5.36. The zero-order valence-corrected chi connectivity index (χ0v) is 25.3. The van der Waals surface area contributed by atoms with E-state index in [9.17, 15) is 23.7 Å². The molecule has 1 atom stereocenters. The molecule has 12 heteroatoms. The molecule has 1 fully saturated rings. The van der Waals surface area contributed by atoms with Crippen LogP contribution in [0.1, 0.15) is 62.0 Å². The molecule has 4 N–H and O–H groups in total. The fourth-order valence-corrected chi connectivity index (χ4v) is 5.67. The van der Waals surface area contributed by atoms with Crippen molar-refractivity contribution in [3.05, 3.63) is 83.1 Å². The molecule has 6 rings (SSSR count). The molecule has 3 heterocycles. The quantitative estimate of drug-likeness (QED) is 0.174. The molecule has 2 aliphatic rings. The van der Waals surface area contributed by atoms with Crippen LogP contribution in [0.15, 0.2) is 60.7 Å². The van der Waals surface area contributed by atoms with Crippen LogP contribution >= 0.6 is 0 Å². The van der Waals surface area contributed by atoms with Gasteiger partial charge in [0.05, 0.1) is 34.1 Å². The van der Waals surface area contributed by atoms with Crippen LogP contribution in [0, 0.1) is 40.4 Å². The summed E-state index contributed by atoms with van der Waals surface area (Å²) in [5, 5.41) is 29.7. The van der Waals surface area contributed by atoms with Gasteiger partial charge in [-0.25, -0.2) is 4.98 Å². The molecule has 2 aromatic carbocycles. The van der Waals surface area contributed by atoms with E-state index in [4.69, 9.17) is 6.42 Å². The molecule has 232 valence electrons. The number of anilines is 2. The van der Waals surface area contributed by atoms with Gasteiger partial charge in [0.1, 0.15) is 17.8 Å². The number of pyridine rings is 2. The van der Waals surface area contributed by atoms with E-state index in [0.717, 1.165) is 5.01 Å². The summed E-state index contributed by atoms with van der Waals surface area (Å²) in [6.07, 6.45) is 5.83. The Morgan fingerprint density at radius 3 is 2.48 bits per heavy atom. The zero-order chi connectivity index (χ0) is 32.9. The minimum atomic E-state index is -4.44. The SMILES string of the molecule is C#Cc1cnc2c(C#N)cc(N[C@H](C3=CN(C4(C(F)(F)F)CC4)NN3)c3cccc4c(C#N)nccc34)cc2c1NCC(C)(C)C. The van der Waals surface area contributed by atoms with E-state index in [-0.39, 0.29) is 29.5 Å². The van der Waals surface area contributed by atoms with E-state index in [1.807, 2.05) is 12.1 Å². The summed E-state index contributed by atoms with van der Waals surface area (Å²) in [5.41, 5.74) is 7.30. The van der Waals surface area contributed by atoms with Gasteiger partial charge in [-0.2, -0.15) is 23.7 Å². The maximum atomic E-state index is 14.1. The molecule has 0 amide bonds. The van der Waals surface area contributed by atoms with Crippen molar-refractivity contribution in [2.24, 2.45) is 5.41 Å². The van der Waals surface area contributed by atoms with Gasteiger partial charge in [0.2, 0.25) is 0 Å². The second kappa shape index (κ2) is 11.1. The highest BCUT2D eigenvalue weighted by Crippen LogP contribution is 2.54. The number of terminal acetylenes is 1. The number of fused-ring (bicyclic) bond motifs is 2. The highest BCUT2D eigenvalue weighted by atomic mass is 19.4. The van der Waals surface area contributed by atoms with Crippen LogP contribution in [0.3, 0.4) is 0 Å². The molecule has 9 nitrogen and oxygen atoms in total. The first-order valence-electron chi connectivity index (χ1n) is 14.6. The van der Waals surface area contributed by atoms with Crippen molar-refractivity contribution in [2.75, 3.05) is 17.2 Å². The normalized spacial score (nSPS) is 16.2. The van der Waals surface area contributed by atoms with Gasteiger partial charge >= 0.3 is 6.18 Å². The maximum absolute atomic E-state index is 14.1. The number of hydrogen-bond donors (Lipinski definition) is 4. The summed E-state index contributed by atoms with van der Waals surface area (Å²) in [6, 6.07) is 14.2. The van der Waals surface area contributed by atoms with Crippen LogP contribution in [0.4, 0.5) is 24.5 Å². The second-order valence-corrected chi connectivity index (χ2v) is 12.6. The van der Waals surface area contributed by atoms with Gasteiger partial charge in [0, 0.05) is 41.6 Å². The maximum Gasteiger partial charge on any atom is 0.413 e. The topological polar surface area (TPSA) is 125 Å². The van der Waals surface area contributed by atoms with Crippen molar-refractivity contribution in [1.82, 2.24) is 25.9 Å². The number of alkyl halides is 3. The highest BCUT2D eigenvalue weighted by molar-refractivity contribution is 5.99. The largest absolute Gasteiger partial charge is 0.413 e. The highest BCUT2D eigenvalue weighted by Gasteiger charge is 2.67. The Kier molecular flexibility index (Phi) is 7.39. The predicted molar refractivity (Wildman–Crippen MR) is 169 cm³/mol. The molecule has 1 aliphatic heterocycles. The summed E-state index contributed by atoms with van der Waals surface area (Å²) in [5.74, 6) is 2.67. The Bertz CT molecular complexity index is 2020. The molecule has 1 saturated carbocycles. The number of nitrogens with one attached hydrogen (secondary N) is 4. The molecule has 0 radical (unpaired) electrons. The number of rotatable bonds is 7. The van der Waals surface area contributed by atoms with E-state index in [1.54, 1.807) is 30.5 Å². The van der Waals surface area contributed by atoms with E-state index in [2.05, 4.69) is 70.4 Å². The lowest BCUT2D eigenvalue weighted by molar-refractivity contribution is -0.195. The minimum absolute atomic E-state index is 0.0381. The average molecular weight is 622 g/mol. The minimum Gasteiger partial charge on any atom is -0.383 e. The zero-order valence-electron chi connectivity index (χ0n) is 25.3. The van der Waals surface area contributed by atoms with Crippen LogP contribution in [-0.4, -0.2) is 33.2 Å². The lowest BCUT2D eigenvalue weighted by atomic mass is 9.95. The molecular weight excluding hydrogens is 591 g/mol. The lowest BCUT2D eigenvalue weighted by Crippen LogP contribution is -2.52.